The maximum Gasteiger partial charge on any atom is 0.223 e. The van der Waals surface area contributed by atoms with Crippen molar-refractivity contribution in [1.82, 2.24) is 0 Å². The van der Waals surface area contributed by atoms with Crippen molar-refractivity contribution in [1.29, 1.82) is 0 Å². The fourth-order valence-electron chi connectivity index (χ4n) is 2.88. The molecular weight excluding hydrogens is 214 g/mol. The molecule has 0 spiro atoms. The van der Waals surface area contributed by atoms with Crippen LogP contribution in [0.3, 0.4) is 0 Å². The Balaban J connectivity index is 2.65. The van der Waals surface area contributed by atoms with E-state index in [1.165, 1.54) is 11.1 Å². The summed E-state index contributed by atoms with van der Waals surface area (Å²) in [4.78, 5) is 13.5. The second kappa shape index (κ2) is 4.06. The molecule has 17 heavy (non-hydrogen) atoms. The van der Waals surface area contributed by atoms with Crippen molar-refractivity contribution in [2.24, 2.45) is 0 Å². The van der Waals surface area contributed by atoms with Gasteiger partial charge in [0.05, 0.1) is 7.11 Å². The van der Waals surface area contributed by atoms with Crippen LogP contribution in [-0.4, -0.2) is 19.6 Å². The van der Waals surface area contributed by atoms with Crippen molar-refractivity contribution in [3.8, 4) is 5.75 Å². The molecule has 3 nitrogen and oxygen atoms in total. The molecular formula is C14H19NO2. The van der Waals surface area contributed by atoms with E-state index in [2.05, 4.69) is 19.9 Å². The van der Waals surface area contributed by atoms with Crippen molar-refractivity contribution < 1.29 is 9.53 Å². The normalized spacial score (nSPS) is 18.2. The van der Waals surface area contributed by atoms with Gasteiger partial charge in [-0.3, -0.25) is 4.79 Å². The lowest BCUT2D eigenvalue weighted by atomic mass is 9.95. The molecule has 0 saturated carbocycles. The molecule has 0 radical (unpaired) electrons. The predicted octanol–water partition coefficient (Wildman–Crippen LogP) is 2.78. The van der Waals surface area contributed by atoms with Gasteiger partial charge in [0.25, 0.3) is 0 Å². The molecule has 1 amide bonds. The summed E-state index contributed by atoms with van der Waals surface area (Å²) in [5.41, 5.74) is 4.56. The fraction of sp³-hybridized carbons (Fsp3) is 0.500. The van der Waals surface area contributed by atoms with Gasteiger partial charge >= 0.3 is 0 Å². The maximum atomic E-state index is 11.6. The molecule has 0 fully saturated rings. The maximum absolute atomic E-state index is 11.6. The topological polar surface area (TPSA) is 29.5 Å². The zero-order valence-electron chi connectivity index (χ0n) is 11.1. The van der Waals surface area contributed by atoms with Gasteiger partial charge in [-0.05, 0) is 36.6 Å². The van der Waals surface area contributed by atoms with E-state index in [1.54, 1.807) is 14.0 Å². The Labute approximate surface area is 102 Å². The van der Waals surface area contributed by atoms with Gasteiger partial charge in [-0.25, -0.2) is 0 Å². The molecule has 0 N–H and O–H groups in total. The van der Waals surface area contributed by atoms with Gasteiger partial charge in [0.2, 0.25) is 5.91 Å². The molecule has 92 valence electrons. The summed E-state index contributed by atoms with van der Waals surface area (Å²) in [6.45, 7) is 8.65. The molecule has 1 aromatic carbocycles. The minimum atomic E-state index is 0.111. The Morgan fingerprint density at radius 3 is 2.65 bits per heavy atom. The third kappa shape index (κ3) is 1.70. The first kappa shape index (κ1) is 12.0. The van der Waals surface area contributed by atoms with E-state index in [0.717, 1.165) is 23.5 Å². The first-order valence-corrected chi connectivity index (χ1v) is 5.93. The first-order chi connectivity index (χ1) is 7.97. The van der Waals surface area contributed by atoms with Crippen LogP contribution in [0.5, 0.6) is 5.75 Å². The number of rotatable bonds is 1. The SMILES string of the molecule is COc1c(C)cc2c(c1C)C(C)CN2C(C)=O. The molecule has 1 aliphatic heterocycles. The van der Waals surface area contributed by atoms with E-state index in [1.807, 2.05) is 11.8 Å². The standard InChI is InChI=1S/C14H19NO2/c1-8-6-12-13(10(3)14(8)17-5)9(2)7-15(12)11(4)16/h6,9H,7H2,1-5H3. The Morgan fingerprint density at radius 1 is 1.47 bits per heavy atom. The summed E-state index contributed by atoms with van der Waals surface area (Å²) >= 11 is 0. The van der Waals surface area contributed by atoms with Gasteiger partial charge < -0.3 is 9.64 Å². The highest BCUT2D eigenvalue weighted by atomic mass is 16.5. The summed E-state index contributed by atoms with van der Waals surface area (Å²) < 4.78 is 5.44. The van der Waals surface area contributed by atoms with Gasteiger partial charge in [0, 0.05) is 25.1 Å². The van der Waals surface area contributed by atoms with Crippen LogP contribution in [0.2, 0.25) is 0 Å². The number of methoxy groups -OCH3 is 1. The Morgan fingerprint density at radius 2 is 2.12 bits per heavy atom. The molecule has 1 aliphatic rings. The van der Waals surface area contributed by atoms with Gasteiger partial charge in [-0.2, -0.15) is 0 Å². The molecule has 1 unspecified atom stereocenters. The zero-order valence-corrected chi connectivity index (χ0v) is 11.1. The quantitative estimate of drug-likeness (QED) is 0.746. The summed E-state index contributed by atoms with van der Waals surface area (Å²) in [7, 11) is 1.70. The van der Waals surface area contributed by atoms with Gasteiger partial charge in [-0.15, -0.1) is 0 Å². The number of fused-ring (bicyclic) bond motifs is 1. The third-order valence-corrected chi connectivity index (χ3v) is 3.56. The Bertz CT molecular complexity index is 480. The van der Waals surface area contributed by atoms with E-state index < -0.39 is 0 Å². The lowest BCUT2D eigenvalue weighted by Crippen LogP contribution is -2.26. The number of hydrogen-bond donors (Lipinski definition) is 0. The summed E-state index contributed by atoms with van der Waals surface area (Å²) in [6.07, 6.45) is 0. The van der Waals surface area contributed by atoms with Crippen LogP contribution in [0.25, 0.3) is 0 Å². The number of amides is 1. The zero-order chi connectivity index (χ0) is 12.7. The minimum Gasteiger partial charge on any atom is -0.496 e. The van der Waals surface area contributed by atoms with Crippen molar-refractivity contribution in [2.75, 3.05) is 18.6 Å². The van der Waals surface area contributed by atoms with Crippen LogP contribution in [0.1, 0.15) is 36.5 Å². The van der Waals surface area contributed by atoms with Crippen molar-refractivity contribution in [3.05, 3.63) is 22.8 Å². The van der Waals surface area contributed by atoms with Crippen molar-refractivity contribution in [3.63, 3.8) is 0 Å². The molecule has 0 bridgehead atoms. The van der Waals surface area contributed by atoms with E-state index in [-0.39, 0.29) is 5.91 Å². The largest absolute Gasteiger partial charge is 0.496 e. The number of benzene rings is 1. The molecule has 2 rings (SSSR count). The van der Waals surface area contributed by atoms with Crippen LogP contribution in [-0.2, 0) is 4.79 Å². The van der Waals surface area contributed by atoms with E-state index in [9.17, 15) is 4.79 Å². The van der Waals surface area contributed by atoms with Crippen molar-refractivity contribution >= 4 is 11.6 Å². The highest BCUT2D eigenvalue weighted by molar-refractivity contribution is 5.95. The highest BCUT2D eigenvalue weighted by Gasteiger charge is 2.31. The van der Waals surface area contributed by atoms with Crippen LogP contribution < -0.4 is 9.64 Å². The summed E-state index contributed by atoms with van der Waals surface area (Å²) in [5.74, 6) is 1.43. The third-order valence-electron chi connectivity index (χ3n) is 3.56. The highest BCUT2D eigenvalue weighted by Crippen LogP contribution is 2.43. The van der Waals surface area contributed by atoms with Gasteiger partial charge in [-0.1, -0.05) is 6.92 Å². The number of ether oxygens (including phenoxy) is 1. The molecule has 1 heterocycles. The average molecular weight is 233 g/mol. The van der Waals surface area contributed by atoms with Crippen LogP contribution >= 0.6 is 0 Å². The van der Waals surface area contributed by atoms with Crippen LogP contribution in [0.15, 0.2) is 6.07 Å². The molecule has 0 aromatic heterocycles. The summed E-state index contributed by atoms with van der Waals surface area (Å²) in [6, 6.07) is 2.06. The molecule has 0 aliphatic carbocycles. The number of aryl methyl sites for hydroxylation is 1. The lowest BCUT2D eigenvalue weighted by molar-refractivity contribution is -0.116. The monoisotopic (exact) mass is 233 g/mol. The van der Waals surface area contributed by atoms with E-state index in [0.29, 0.717) is 5.92 Å². The smallest absolute Gasteiger partial charge is 0.223 e. The summed E-state index contributed by atoms with van der Waals surface area (Å²) in [5, 5.41) is 0. The van der Waals surface area contributed by atoms with Crippen LogP contribution in [0.4, 0.5) is 5.69 Å². The number of nitrogens with zero attached hydrogens (tertiary/aromatic N) is 1. The van der Waals surface area contributed by atoms with E-state index in [4.69, 9.17) is 4.74 Å². The lowest BCUT2D eigenvalue weighted by Gasteiger charge is -2.18. The van der Waals surface area contributed by atoms with Gasteiger partial charge in [0.1, 0.15) is 5.75 Å². The molecule has 1 atom stereocenters. The average Bonchev–Trinajstić information content (AvgIpc) is 2.56. The second-order valence-corrected chi connectivity index (χ2v) is 4.82. The number of carbonyl (C=O) groups is 1. The fourth-order valence-corrected chi connectivity index (χ4v) is 2.88. The predicted molar refractivity (Wildman–Crippen MR) is 68.9 cm³/mol. The molecule has 0 saturated heterocycles. The Kier molecular flexibility index (Phi) is 2.86. The van der Waals surface area contributed by atoms with Crippen molar-refractivity contribution in [2.45, 2.75) is 33.6 Å². The minimum absolute atomic E-state index is 0.111. The Hall–Kier alpha value is -1.51. The van der Waals surface area contributed by atoms with Gasteiger partial charge in [0.15, 0.2) is 0 Å². The second-order valence-electron chi connectivity index (χ2n) is 4.82. The first-order valence-electron chi connectivity index (χ1n) is 5.93. The molecule has 3 heteroatoms. The number of carbonyl (C=O) groups excluding carboxylic acids is 1. The number of hydrogen-bond acceptors (Lipinski definition) is 2. The van der Waals surface area contributed by atoms with E-state index >= 15 is 0 Å². The molecule has 1 aromatic rings. The van der Waals surface area contributed by atoms with Crippen LogP contribution in [0, 0.1) is 13.8 Å². The number of anilines is 1.